The highest BCUT2D eigenvalue weighted by atomic mass is 35.5. The summed E-state index contributed by atoms with van der Waals surface area (Å²) in [5, 5.41) is 0.154. The fraction of sp³-hybridized carbons (Fsp3) is 0.538. The van der Waals surface area contributed by atoms with Crippen molar-refractivity contribution in [3.05, 3.63) is 34.3 Å². The first-order valence-electron chi connectivity index (χ1n) is 5.72. The van der Waals surface area contributed by atoms with Gasteiger partial charge in [-0.05, 0) is 29.5 Å². The zero-order chi connectivity index (χ0) is 13.8. The van der Waals surface area contributed by atoms with Crippen molar-refractivity contribution in [2.24, 2.45) is 11.1 Å². The quantitative estimate of drug-likeness (QED) is 0.869. The summed E-state index contributed by atoms with van der Waals surface area (Å²) in [7, 11) is 0. The van der Waals surface area contributed by atoms with Crippen molar-refractivity contribution in [2.75, 3.05) is 6.54 Å². The van der Waals surface area contributed by atoms with E-state index in [2.05, 4.69) is 0 Å². The second-order valence-electron chi connectivity index (χ2n) is 5.51. The van der Waals surface area contributed by atoms with Crippen LogP contribution in [0.3, 0.4) is 0 Å². The first kappa shape index (κ1) is 13.7. The highest BCUT2D eigenvalue weighted by molar-refractivity contribution is 6.31. The van der Waals surface area contributed by atoms with E-state index in [-0.39, 0.29) is 22.5 Å². The first-order chi connectivity index (χ1) is 8.16. The Morgan fingerprint density at radius 1 is 1.33 bits per heavy atom. The van der Waals surface area contributed by atoms with E-state index in [4.69, 9.17) is 17.3 Å². The molecule has 0 bridgehead atoms. The maximum atomic E-state index is 13.1. The van der Waals surface area contributed by atoms with E-state index < -0.39 is 17.2 Å². The van der Waals surface area contributed by atoms with Gasteiger partial charge >= 0.3 is 6.18 Å². The summed E-state index contributed by atoms with van der Waals surface area (Å²) in [5.41, 5.74) is 4.33. The molecular formula is C13H15ClF3N. The lowest BCUT2D eigenvalue weighted by molar-refractivity contribution is -0.138. The van der Waals surface area contributed by atoms with E-state index in [1.807, 2.05) is 13.8 Å². The Morgan fingerprint density at radius 2 is 1.89 bits per heavy atom. The predicted molar refractivity (Wildman–Crippen MR) is 65.6 cm³/mol. The molecule has 0 heterocycles. The first-order valence-corrected chi connectivity index (χ1v) is 6.10. The van der Waals surface area contributed by atoms with Gasteiger partial charge in [-0.25, -0.2) is 0 Å². The Balaban J connectivity index is 2.65. The molecule has 1 unspecified atom stereocenters. The van der Waals surface area contributed by atoms with E-state index in [1.165, 1.54) is 12.1 Å². The third kappa shape index (κ3) is 1.82. The van der Waals surface area contributed by atoms with Gasteiger partial charge in [0.2, 0.25) is 0 Å². The Labute approximate surface area is 109 Å². The van der Waals surface area contributed by atoms with Gasteiger partial charge in [-0.1, -0.05) is 31.5 Å². The van der Waals surface area contributed by atoms with Gasteiger partial charge in [0, 0.05) is 17.0 Å². The second-order valence-corrected chi connectivity index (χ2v) is 5.91. The molecule has 1 saturated carbocycles. The molecule has 0 aliphatic heterocycles. The molecule has 1 aromatic carbocycles. The Bertz CT molecular complexity index is 482. The van der Waals surface area contributed by atoms with Crippen LogP contribution in [-0.4, -0.2) is 6.54 Å². The normalized spacial score (nSPS) is 26.2. The van der Waals surface area contributed by atoms with Crippen molar-refractivity contribution in [2.45, 2.75) is 31.9 Å². The van der Waals surface area contributed by atoms with Gasteiger partial charge in [0.05, 0.1) is 5.56 Å². The fourth-order valence-corrected chi connectivity index (χ4v) is 3.19. The van der Waals surface area contributed by atoms with Gasteiger partial charge in [0.15, 0.2) is 0 Å². The summed E-state index contributed by atoms with van der Waals surface area (Å²) >= 11 is 6.01. The number of alkyl halides is 3. The van der Waals surface area contributed by atoms with Crippen LogP contribution < -0.4 is 5.73 Å². The third-order valence-electron chi connectivity index (χ3n) is 4.06. The van der Waals surface area contributed by atoms with Gasteiger partial charge in [-0.2, -0.15) is 13.2 Å². The molecule has 1 aromatic rings. The van der Waals surface area contributed by atoms with Crippen LogP contribution in [0, 0.1) is 5.41 Å². The Kier molecular flexibility index (Phi) is 2.95. The number of hydrogen-bond donors (Lipinski definition) is 1. The number of nitrogens with two attached hydrogens (primary N) is 1. The molecule has 1 nitrogen and oxygen atoms in total. The average Bonchev–Trinajstić information content (AvgIpc) is 2.80. The predicted octanol–water partition coefficient (Wildman–Crippen LogP) is 3.99. The molecule has 2 N–H and O–H groups in total. The third-order valence-corrected chi connectivity index (χ3v) is 4.38. The summed E-state index contributed by atoms with van der Waals surface area (Å²) in [6, 6.07) is 3.90. The minimum atomic E-state index is -4.40. The van der Waals surface area contributed by atoms with Crippen LogP contribution in [0.4, 0.5) is 13.2 Å². The van der Waals surface area contributed by atoms with Crippen molar-refractivity contribution in [3.63, 3.8) is 0 Å². The van der Waals surface area contributed by atoms with Crippen molar-refractivity contribution in [1.82, 2.24) is 0 Å². The Morgan fingerprint density at radius 3 is 2.28 bits per heavy atom. The summed E-state index contributed by atoms with van der Waals surface area (Å²) in [4.78, 5) is 0. The minimum absolute atomic E-state index is 0.154. The van der Waals surface area contributed by atoms with Gasteiger partial charge in [0.25, 0.3) is 0 Å². The molecular weight excluding hydrogens is 263 g/mol. The topological polar surface area (TPSA) is 26.0 Å². The molecule has 0 radical (unpaired) electrons. The van der Waals surface area contributed by atoms with Crippen LogP contribution in [0.25, 0.3) is 0 Å². The zero-order valence-electron chi connectivity index (χ0n) is 10.2. The lowest BCUT2D eigenvalue weighted by Crippen LogP contribution is -2.28. The molecule has 1 atom stereocenters. The number of rotatable bonds is 2. The van der Waals surface area contributed by atoms with Gasteiger partial charge in [0.1, 0.15) is 0 Å². The SMILES string of the molecule is CC1(C)CC1(CN)c1c(Cl)cccc1C(F)(F)F. The molecule has 5 heteroatoms. The standard InChI is InChI=1S/C13H15ClF3N/c1-11(2)6-12(11,7-18)10-8(13(15,16)17)4-3-5-9(10)14/h3-5H,6-7,18H2,1-2H3. The number of hydrogen-bond acceptors (Lipinski definition) is 1. The van der Waals surface area contributed by atoms with Gasteiger partial charge in [-0.3, -0.25) is 0 Å². The van der Waals surface area contributed by atoms with Crippen LogP contribution in [0.1, 0.15) is 31.4 Å². The zero-order valence-corrected chi connectivity index (χ0v) is 11.0. The molecule has 18 heavy (non-hydrogen) atoms. The van der Waals surface area contributed by atoms with E-state index in [1.54, 1.807) is 0 Å². The summed E-state index contributed by atoms with van der Waals surface area (Å²) in [6.45, 7) is 4.01. The van der Waals surface area contributed by atoms with Crippen molar-refractivity contribution in [3.8, 4) is 0 Å². The molecule has 0 aromatic heterocycles. The van der Waals surface area contributed by atoms with Crippen LogP contribution in [0.2, 0.25) is 5.02 Å². The molecule has 1 aliphatic carbocycles. The van der Waals surface area contributed by atoms with Crippen molar-refractivity contribution < 1.29 is 13.2 Å². The average molecular weight is 278 g/mol. The summed E-state index contributed by atoms with van der Waals surface area (Å²) < 4.78 is 39.2. The minimum Gasteiger partial charge on any atom is -0.330 e. The molecule has 1 aliphatic rings. The number of benzene rings is 1. The lowest BCUT2D eigenvalue weighted by Gasteiger charge is -2.24. The summed E-state index contributed by atoms with van der Waals surface area (Å²) in [5.74, 6) is 0. The fourth-order valence-electron chi connectivity index (χ4n) is 2.83. The smallest absolute Gasteiger partial charge is 0.330 e. The second kappa shape index (κ2) is 3.87. The molecule has 2 rings (SSSR count). The Hall–Kier alpha value is -0.740. The lowest BCUT2D eigenvalue weighted by atomic mass is 9.84. The van der Waals surface area contributed by atoms with Crippen molar-refractivity contribution >= 4 is 11.6 Å². The van der Waals surface area contributed by atoms with Gasteiger partial charge in [-0.15, -0.1) is 0 Å². The van der Waals surface area contributed by atoms with E-state index >= 15 is 0 Å². The molecule has 0 saturated heterocycles. The van der Waals surface area contributed by atoms with Crippen LogP contribution in [-0.2, 0) is 11.6 Å². The molecule has 100 valence electrons. The van der Waals surface area contributed by atoms with Crippen LogP contribution >= 0.6 is 11.6 Å². The summed E-state index contributed by atoms with van der Waals surface area (Å²) in [6.07, 6.45) is -3.77. The molecule has 0 spiro atoms. The van der Waals surface area contributed by atoms with E-state index in [9.17, 15) is 13.2 Å². The van der Waals surface area contributed by atoms with Crippen LogP contribution in [0.5, 0.6) is 0 Å². The van der Waals surface area contributed by atoms with E-state index in [0.29, 0.717) is 6.42 Å². The highest BCUT2D eigenvalue weighted by Crippen LogP contribution is 2.66. The highest BCUT2D eigenvalue weighted by Gasteiger charge is 2.63. The van der Waals surface area contributed by atoms with Crippen LogP contribution in [0.15, 0.2) is 18.2 Å². The van der Waals surface area contributed by atoms with Gasteiger partial charge < -0.3 is 5.73 Å². The van der Waals surface area contributed by atoms with Crippen molar-refractivity contribution in [1.29, 1.82) is 0 Å². The molecule has 1 fully saturated rings. The maximum absolute atomic E-state index is 13.1. The monoisotopic (exact) mass is 277 g/mol. The maximum Gasteiger partial charge on any atom is 0.416 e. The molecule has 0 amide bonds. The number of halogens is 4. The van der Waals surface area contributed by atoms with E-state index in [0.717, 1.165) is 6.07 Å². The largest absolute Gasteiger partial charge is 0.416 e.